The summed E-state index contributed by atoms with van der Waals surface area (Å²) in [6, 6.07) is 7.98. The quantitative estimate of drug-likeness (QED) is 0.874. The van der Waals surface area contributed by atoms with Gasteiger partial charge in [0.15, 0.2) is 11.6 Å². The van der Waals surface area contributed by atoms with E-state index >= 15 is 0 Å². The van der Waals surface area contributed by atoms with E-state index in [1.807, 2.05) is 13.8 Å². The first-order valence-corrected chi connectivity index (χ1v) is 7.21. The highest BCUT2D eigenvalue weighted by Gasteiger charge is 2.13. The van der Waals surface area contributed by atoms with Crippen LogP contribution in [0.1, 0.15) is 24.2 Å². The van der Waals surface area contributed by atoms with Gasteiger partial charge < -0.3 is 14.8 Å². The summed E-state index contributed by atoms with van der Waals surface area (Å²) in [5, 5.41) is 2.62. The first-order chi connectivity index (χ1) is 11.0. The standard InChI is InChI=1S/C17H17F2NO3/c1-3-22-12-6-8-16(23-4-2)15(10-12)20-17(21)11-5-7-13(18)14(19)9-11/h5-10H,3-4H2,1-2H3,(H,20,21). The lowest BCUT2D eigenvalue weighted by molar-refractivity contribution is 0.102. The third kappa shape index (κ3) is 4.18. The molecule has 0 fully saturated rings. The summed E-state index contributed by atoms with van der Waals surface area (Å²) < 4.78 is 37.0. The summed E-state index contributed by atoms with van der Waals surface area (Å²) >= 11 is 0. The van der Waals surface area contributed by atoms with Crippen LogP contribution in [0.15, 0.2) is 36.4 Å². The number of hydrogen-bond acceptors (Lipinski definition) is 3. The van der Waals surface area contributed by atoms with Gasteiger partial charge in [-0.3, -0.25) is 4.79 Å². The van der Waals surface area contributed by atoms with Gasteiger partial charge in [-0.1, -0.05) is 0 Å². The Bertz CT molecular complexity index is 704. The summed E-state index contributed by atoms with van der Waals surface area (Å²) in [6.07, 6.45) is 0. The molecule has 23 heavy (non-hydrogen) atoms. The zero-order chi connectivity index (χ0) is 16.8. The fourth-order valence-corrected chi connectivity index (χ4v) is 1.98. The number of nitrogens with one attached hydrogen (secondary N) is 1. The van der Waals surface area contributed by atoms with Gasteiger partial charge in [-0.15, -0.1) is 0 Å². The molecule has 0 aliphatic heterocycles. The number of carbonyl (C=O) groups excluding carboxylic acids is 1. The number of carbonyl (C=O) groups is 1. The van der Waals surface area contributed by atoms with Crippen molar-refractivity contribution in [2.45, 2.75) is 13.8 Å². The molecule has 122 valence electrons. The third-order valence-corrected chi connectivity index (χ3v) is 2.99. The summed E-state index contributed by atoms with van der Waals surface area (Å²) in [5.74, 6) is -1.62. The molecule has 0 atom stereocenters. The number of halogens is 2. The molecular formula is C17H17F2NO3. The van der Waals surface area contributed by atoms with E-state index in [4.69, 9.17) is 9.47 Å². The van der Waals surface area contributed by atoms with Crippen LogP contribution >= 0.6 is 0 Å². The van der Waals surface area contributed by atoms with E-state index in [0.29, 0.717) is 30.4 Å². The largest absolute Gasteiger partial charge is 0.494 e. The highest BCUT2D eigenvalue weighted by atomic mass is 19.2. The lowest BCUT2D eigenvalue weighted by atomic mass is 10.2. The predicted octanol–water partition coefficient (Wildman–Crippen LogP) is 4.01. The SMILES string of the molecule is CCOc1ccc(OCC)c(NC(=O)c2ccc(F)c(F)c2)c1. The molecule has 0 aromatic heterocycles. The van der Waals surface area contributed by atoms with Crippen LogP contribution in [0.3, 0.4) is 0 Å². The summed E-state index contributed by atoms with van der Waals surface area (Å²) in [5.41, 5.74) is 0.403. The second-order valence-electron chi connectivity index (χ2n) is 4.61. The molecule has 1 amide bonds. The third-order valence-electron chi connectivity index (χ3n) is 2.99. The number of rotatable bonds is 6. The van der Waals surface area contributed by atoms with E-state index in [9.17, 15) is 13.6 Å². The maximum Gasteiger partial charge on any atom is 0.255 e. The van der Waals surface area contributed by atoms with E-state index in [1.54, 1.807) is 18.2 Å². The molecule has 0 saturated carbocycles. The lowest BCUT2D eigenvalue weighted by Gasteiger charge is -2.13. The van der Waals surface area contributed by atoms with Crippen molar-refractivity contribution in [1.82, 2.24) is 0 Å². The Kier molecular flexibility index (Phi) is 5.51. The maximum atomic E-state index is 13.2. The van der Waals surface area contributed by atoms with Gasteiger partial charge in [-0.2, -0.15) is 0 Å². The molecular weight excluding hydrogens is 304 g/mol. The van der Waals surface area contributed by atoms with Crippen LogP contribution < -0.4 is 14.8 Å². The van der Waals surface area contributed by atoms with E-state index in [0.717, 1.165) is 12.1 Å². The smallest absolute Gasteiger partial charge is 0.255 e. The zero-order valence-electron chi connectivity index (χ0n) is 12.9. The van der Waals surface area contributed by atoms with Crippen molar-refractivity contribution in [3.8, 4) is 11.5 Å². The van der Waals surface area contributed by atoms with Gasteiger partial charge in [0.25, 0.3) is 5.91 Å². The number of anilines is 1. The Morgan fingerprint density at radius 1 is 1.00 bits per heavy atom. The van der Waals surface area contributed by atoms with Crippen LogP contribution in [-0.4, -0.2) is 19.1 Å². The second kappa shape index (κ2) is 7.58. The Hall–Kier alpha value is -2.63. The average molecular weight is 321 g/mol. The Balaban J connectivity index is 2.27. The van der Waals surface area contributed by atoms with Gasteiger partial charge in [0, 0.05) is 11.6 Å². The molecule has 0 heterocycles. The Labute approximate surface area is 133 Å². The topological polar surface area (TPSA) is 47.6 Å². The fraction of sp³-hybridized carbons (Fsp3) is 0.235. The number of amides is 1. The Morgan fingerprint density at radius 3 is 2.39 bits per heavy atom. The minimum absolute atomic E-state index is 0.00756. The van der Waals surface area contributed by atoms with Gasteiger partial charge in [-0.25, -0.2) is 8.78 Å². The molecule has 0 spiro atoms. The predicted molar refractivity (Wildman–Crippen MR) is 83.1 cm³/mol. The summed E-state index contributed by atoms with van der Waals surface area (Å²) in [4.78, 5) is 12.2. The van der Waals surface area contributed by atoms with Crippen molar-refractivity contribution in [3.63, 3.8) is 0 Å². The molecule has 6 heteroatoms. The number of benzene rings is 2. The second-order valence-corrected chi connectivity index (χ2v) is 4.61. The van der Waals surface area contributed by atoms with Crippen molar-refractivity contribution >= 4 is 11.6 Å². The fourth-order valence-electron chi connectivity index (χ4n) is 1.98. The van der Waals surface area contributed by atoms with E-state index in [1.165, 1.54) is 6.07 Å². The van der Waals surface area contributed by atoms with Crippen LogP contribution in [0.25, 0.3) is 0 Å². The monoisotopic (exact) mass is 321 g/mol. The van der Waals surface area contributed by atoms with Crippen LogP contribution in [-0.2, 0) is 0 Å². The average Bonchev–Trinajstić information content (AvgIpc) is 2.53. The first-order valence-electron chi connectivity index (χ1n) is 7.21. The molecule has 0 aliphatic rings. The van der Waals surface area contributed by atoms with Crippen molar-refractivity contribution in [2.75, 3.05) is 18.5 Å². The minimum atomic E-state index is -1.08. The highest BCUT2D eigenvalue weighted by Crippen LogP contribution is 2.30. The minimum Gasteiger partial charge on any atom is -0.494 e. The Morgan fingerprint density at radius 2 is 1.74 bits per heavy atom. The van der Waals surface area contributed by atoms with Crippen molar-refractivity contribution in [2.24, 2.45) is 0 Å². The van der Waals surface area contributed by atoms with Crippen LogP contribution in [0.4, 0.5) is 14.5 Å². The molecule has 2 aromatic rings. The molecule has 0 radical (unpaired) electrons. The summed E-state index contributed by atoms with van der Waals surface area (Å²) in [7, 11) is 0. The van der Waals surface area contributed by atoms with E-state index in [-0.39, 0.29) is 5.56 Å². The molecule has 2 rings (SSSR count). The van der Waals surface area contributed by atoms with E-state index < -0.39 is 17.5 Å². The first kappa shape index (κ1) is 16.7. The molecule has 0 saturated heterocycles. The molecule has 2 aromatic carbocycles. The highest BCUT2D eigenvalue weighted by molar-refractivity contribution is 6.05. The molecule has 0 unspecified atom stereocenters. The maximum absolute atomic E-state index is 13.2. The van der Waals surface area contributed by atoms with Crippen LogP contribution in [0.2, 0.25) is 0 Å². The van der Waals surface area contributed by atoms with Gasteiger partial charge in [0.2, 0.25) is 0 Å². The number of ether oxygens (including phenoxy) is 2. The van der Waals surface area contributed by atoms with Gasteiger partial charge in [0.05, 0.1) is 18.9 Å². The van der Waals surface area contributed by atoms with Crippen molar-refractivity contribution in [3.05, 3.63) is 53.6 Å². The lowest BCUT2D eigenvalue weighted by Crippen LogP contribution is -2.13. The van der Waals surface area contributed by atoms with Crippen molar-refractivity contribution in [1.29, 1.82) is 0 Å². The van der Waals surface area contributed by atoms with Gasteiger partial charge >= 0.3 is 0 Å². The van der Waals surface area contributed by atoms with Gasteiger partial charge in [-0.05, 0) is 44.2 Å². The number of hydrogen-bond donors (Lipinski definition) is 1. The summed E-state index contributed by atoms with van der Waals surface area (Å²) in [6.45, 7) is 4.56. The molecule has 0 bridgehead atoms. The normalized spacial score (nSPS) is 10.3. The van der Waals surface area contributed by atoms with Crippen LogP contribution in [0, 0.1) is 11.6 Å². The van der Waals surface area contributed by atoms with E-state index in [2.05, 4.69) is 5.32 Å². The van der Waals surface area contributed by atoms with Crippen molar-refractivity contribution < 1.29 is 23.0 Å². The van der Waals surface area contributed by atoms with Crippen LogP contribution in [0.5, 0.6) is 11.5 Å². The molecule has 1 N–H and O–H groups in total. The molecule has 0 aliphatic carbocycles. The van der Waals surface area contributed by atoms with Gasteiger partial charge in [0.1, 0.15) is 11.5 Å². The zero-order valence-corrected chi connectivity index (χ0v) is 12.9. The molecule has 4 nitrogen and oxygen atoms in total.